The van der Waals surface area contributed by atoms with Crippen LogP contribution < -0.4 is 10.0 Å². The first-order valence-electron chi connectivity index (χ1n) is 4.41. The number of hydrogen-bond acceptors (Lipinski definition) is 4. The van der Waals surface area contributed by atoms with Crippen molar-refractivity contribution >= 4 is 31.8 Å². The molecule has 1 aromatic heterocycles. The molecule has 16 heavy (non-hydrogen) atoms. The zero-order chi connectivity index (χ0) is 12.2. The number of hydrogen-bond donors (Lipinski definition) is 2. The molecule has 0 unspecified atom stereocenters. The zero-order valence-corrected chi connectivity index (χ0v) is 10.9. The average molecular weight is 312 g/mol. The highest BCUT2D eigenvalue weighted by Crippen LogP contribution is 2.15. The van der Waals surface area contributed by atoms with Gasteiger partial charge in [-0.1, -0.05) is 0 Å². The normalized spacial score (nSPS) is 11.4. The second kappa shape index (κ2) is 5.55. The molecule has 0 saturated heterocycles. The summed E-state index contributed by atoms with van der Waals surface area (Å²) >= 11 is 3.07. The Balaban J connectivity index is 2.56. The number of halogens is 2. The first-order valence-corrected chi connectivity index (χ1v) is 6.85. The molecule has 5 nitrogen and oxygen atoms in total. The van der Waals surface area contributed by atoms with E-state index in [2.05, 4.69) is 31.0 Å². The molecule has 0 bridgehead atoms. The third kappa shape index (κ3) is 4.03. The molecule has 0 amide bonds. The van der Waals surface area contributed by atoms with E-state index in [-0.39, 0.29) is 18.1 Å². The van der Waals surface area contributed by atoms with Crippen molar-refractivity contribution < 1.29 is 12.8 Å². The lowest BCUT2D eigenvalue weighted by molar-refractivity contribution is 0.588. The van der Waals surface area contributed by atoms with Crippen molar-refractivity contribution in [2.24, 2.45) is 0 Å². The topological polar surface area (TPSA) is 71.1 Å². The Morgan fingerprint density at radius 3 is 2.81 bits per heavy atom. The van der Waals surface area contributed by atoms with Crippen LogP contribution >= 0.6 is 15.9 Å². The predicted molar refractivity (Wildman–Crippen MR) is 63.2 cm³/mol. The molecule has 0 aliphatic heterocycles. The lowest BCUT2D eigenvalue weighted by atomic mass is 10.4. The monoisotopic (exact) mass is 311 g/mol. The molecule has 8 heteroatoms. The van der Waals surface area contributed by atoms with Crippen LogP contribution in [0.3, 0.4) is 0 Å². The van der Waals surface area contributed by atoms with E-state index in [9.17, 15) is 12.8 Å². The average Bonchev–Trinajstić information content (AvgIpc) is 2.21. The molecule has 0 atom stereocenters. The van der Waals surface area contributed by atoms with E-state index in [0.717, 1.165) is 0 Å². The minimum atomic E-state index is -3.28. The molecule has 2 N–H and O–H groups in total. The van der Waals surface area contributed by atoms with Gasteiger partial charge in [-0.15, -0.1) is 0 Å². The van der Waals surface area contributed by atoms with Gasteiger partial charge in [-0.3, -0.25) is 0 Å². The molecule has 1 aromatic rings. The summed E-state index contributed by atoms with van der Waals surface area (Å²) in [6, 6.07) is 1.25. The van der Waals surface area contributed by atoms with E-state index >= 15 is 0 Å². The highest BCUT2D eigenvalue weighted by molar-refractivity contribution is 9.10. The van der Waals surface area contributed by atoms with Crippen LogP contribution in [0.2, 0.25) is 0 Å². The Kier molecular flexibility index (Phi) is 4.63. The second-order valence-electron chi connectivity index (χ2n) is 2.93. The van der Waals surface area contributed by atoms with E-state index in [1.54, 1.807) is 0 Å². The summed E-state index contributed by atoms with van der Waals surface area (Å²) in [5.41, 5.74) is 0. The molecule has 0 radical (unpaired) electrons. The first kappa shape index (κ1) is 13.3. The van der Waals surface area contributed by atoms with Gasteiger partial charge >= 0.3 is 0 Å². The predicted octanol–water partition coefficient (Wildman–Crippen LogP) is 0.944. The molecule has 0 saturated carbocycles. The fourth-order valence-electron chi connectivity index (χ4n) is 0.951. The molecule has 1 rings (SSSR count). The van der Waals surface area contributed by atoms with Crippen molar-refractivity contribution in [3.63, 3.8) is 0 Å². The number of nitrogens with zero attached hydrogens (tertiary/aromatic N) is 1. The highest BCUT2D eigenvalue weighted by Gasteiger charge is 2.08. The smallest absolute Gasteiger partial charge is 0.213 e. The van der Waals surface area contributed by atoms with Gasteiger partial charge in [0.25, 0.3) is 0 Å². The van der Waals surface area contributed by atoms with Gasteiger partial charge in [0, 0.05) is 17.2 Å². The Bertz CT molecular complexity index is 466. The van der Waals surface area contributed by atoms with Crippen LogP contribution in [0, 0.1) is 5.82 Å². The van der Waals surface area contributed by atoms with Gasteiger partial charge in [0.2, 0.25) is 10.0 Å². The van der Waals surface area contributed by atoms with Crippen molar-refractivity contribution in [3.05, 3.63) is 22.6 Å². The van der Waals surface area contributed by atoms with Crippen LogP contribution in [0.15, 0.2) is 16.7 Å². The molecular formula is C8H11BrFN3O2S. The summed E-state index contributed by atoms with van der Waals surface area (Å²) in [4.78, 5) is 3.77. The summed E-state index contributed by atoms with van der Waals surface area (Å²) in [6.45, 7) is 0.0920. The lowest BCUT2D eigenvalue weighted by Crippen LogP contribution is -2.26. The van der Waals surface area contributed by atoms with Crippen LogP contribution in [-0.4, -0.2) is 32.7 Å². The van der Waals surface area contributed by atoms with Gasteiger partial charge in [-0.2, -0.15) is 0 Å². The SMILES string of the molecule is CNS(=O)(=O)CCNc1ncc(Br)cc1F. The van der Waals surface area contributed by atoms with E-state index in [4.69, 9.17) is 0 Å². The summed E-state index contributed by atoms with van der Waals surface area (Å²) in [5.74, 6) is -0.633. The first-order chi connectivity index (χ1) is 7.44. The van der Waals surface area contributed by atoms with Crippen molar-refractivity contribution in [2.45, 2.75) is 0 Å². The molecule has 1 heterocycles. The molecule has 0 aliphatic rings. The maximum absolute atomic E-state index is 13.2. The molecule has 90 valence electrons. The Hall–Kier alpha value is -0.730. The van der Waals surface area contributed by atoms with E-state index in [1.807, 2.05) is 0 Å². The Labute approximate surface area is 102 Å². The van der Waals surface area contributed by atoms with Crippen molar-refractivity contribution in [1.29, 1.82) is 0 Å². The molecule has 0 aliphatic carbocycles. The quantitative estimate of drug-likeness (QED) is 0.849. The van der Waals surface area contributed by atoms with Crippen LogP contribution in [0.25, 0.3) is 0 Å². The number of anilines is 1. The number of nitrogens with one attached hydrogen (secondary N) is 2. The molecule has 0 spiro atoms. The maximum atomic E-state index is 13.2. The lowest BCUT2D eigenvalue weighted by Gasteiger charge is -2.06. The summed E-state index contributed by atoms with van der Waals surface area (Å²) in [6.07, 6.45) is 1.43. The van der Waals surface area contributed by atoms with Crippen LogP contribution in [0.4, 0.5) is 10.2 Å². The van der Waals surface area contributed by atoms with Crippen molar-refractivity contribution in [1.82, 2.24) is 9.71 Å². The van der Waals surface area contributed by atoms with Crippen LogP contribution in [0.5, 0.6) is 0 Å². The number of pyridine rings is 1. The maximum Gasteiger partial charge on any atom is 0.213 e. The Morgan fingerprint density at radius 1 is 1.56 bits per heavy atom. The summed E-state index contributed by atoms with van der Waals surface area (Å²) in [7, 11) is -1.96. The van der Waals surface area contributed by atoms with Crippen molar-refractivity contribution in [2.75, 3.05) is 24.7 Å². The van der Waals surface area contributed by atoms with E-state index in [1.165, 1.54) is 19.3 Å². The standard InChI is InChI=1S/C8H11BrFN3O2S/c1-11-16(14,15)3-2-12-8-7(10)4-6(9)5-13-8/h4-5,11H,2-3H2,1H3,(H,12,13). The molecular weight excluding hydrogens is 301 g/mol. The van der Waals surface area contributed by atoms with Crippen LogP contribution in [0.1, 0.15) is 0 Å². The molecule has 0 fully saturated rings. The van der Waals surface area contributed by atoms with Gasteiger partial charge in [-0.25, -0.2) is 22.5 Å². The highest BCUT2D eigenvalue weighted by atomic mass is 79.9. The fourth-order valence-corrected chi connectivity index (χ4v) is 1.83. The largest absolute Gasteiger partial charge is 0.367 e. The van der Waals surface area contributed by atoms with Gasteiger partial charge < -0.3 is 5.32 Å². The second-order valence-corrected chi connectivity index (χ2v) is 5.90. The third-order valence-electron chi connectivity index (χ3n) is 1.78. The Morgan fingerprint density at radius 2 is 2.25 bits per heavy atom. The number of aromatic nitrogens is 1. The molecule has 0 aromatic carbocycles. The van der Waals surface area contributed by atoms with E-state index in [0.29, 0.717) is 4.47 Å². The van der Waals surface area contributed by atoms with Crippen molar-refractivity contribution in [3.8, 4) is 0 Å². The minimum absolute atomic E-state index is 0.0366. The fraction of sp³-hybridized carbons (Fsp3) is 0.375. The van der Waals surface area contributed by atoms with Gasteiger partial charge in [-0.05, 0) is 29.0 Å². The summed E-state index contributed by atoms with van der Waals surface area (Å²) in [5, 5.41) is 2.60. The van der Waals surface area contributed by atoms with Crippen LogP contribution in [-0.2, 0) is 10.0 Å². The number of rotatable bonds is 5. The van der Waals surface area contributed by atoms with Gasteiger partial charge in [0.05, 0.1) is 5.75 Å². The zero-order valence-electron chi connectivity index (χ0n) is 8.50. The van der Waals surface area contributed by atoms with Gasteiger partial charge in [0.1, 0.15) is 0 Å². The van der Waals surface area contributed by atoms with Gasteiger partial charge in [0.15, 0.2) is 11.6 Å². The third-order valence-corrected chi connectivity index (χ3v) is 3.58. The summed E-state index contributed by atoms with van der Waals surface area (Å²) < 4.78 is 38.0. The number of sulfonamides is 1. The minimum Gasteiger partial charge on any atom is -0.367 e. The van der Waals surface area contributed by atoms with E-state index < -0.39 is 15.8 Å².